The summed E-state index contributed by atoms with van der Waals surface area (Å²) in [6.07, 6.45) is 7.05. The summed E-state index contributed by atoms with van der Waals surface area (Å²) in [6.45, 7) is 3.18. The quantitative estimate of drug-likeness (QED) is 0.638. The fourth-order valence-corrected chi connectivity index (χ4v) is 1.79. The van der Waals surface area contributed by atoms with E-state index in [0.29, 0.717) is 0 Å². The molecule has 0 aromatic rings. The zero-order chi connectivity index (χ0) is 7.40. The molecule has 10 heavy (non-hydrogen) atoms. The lowest BCUT2D eigenvalue weighted by molar-refractivity contribution is 0.185. The molecule has 0 amide bonds. The highest BCUT2D eigenvalue weighted by molar-refractivity contribution is 4.79. The number of unbranched alkanes of at least 4 members (excludes halogenated alkanes) is 1. The fourth-order valence-electron chi connectivity index (χ4n) is 1.79. The molecule has 60 valence electrons. The van der Waals surface area contributed by atoms with E-state index in [1.165, 1.54) is 32.1 Å². The second kappa shape index (κ2) is 3.97. The van der Waals surface area contributed by atoms with Crippen molar-refractivity contribution in [1.29, 1.82) is 0 Å². The van der Waals surface area contributed by atoms with Gasteiger partial charge in [0.1, 0.15) is 0 Å². The third kappa shape index (κ3) is 1.98. The van der Waals surface area contributed by atoms with Crippen LogP contribution >= 0.6 is 0 Å². The van der Waals surface area contributed by atoms with Gasteiger partial charge in [-0.15, -0.1) is 0 Å². The van der Waals surface area contributed by atoms with Crippen LogP contribution in [0.2, 0.25) is 0 Å². The summed E-state index contributed by atoms with van der Waals surface area (Å²) in [5.74, 6) is 1.91. The van der Waals surface area contributed by atoms with Crippen LogP contribution in [0.3, 0.4) is 0 Å². The topological polar surface area (TPSA) is 26.0 Å². The van der Waals surface area contributed by atoms with Gasteiger partial charge in [0.25, 0.3) is 0 Å². The Labute approximate surface area is 64.0 Å². The molecule has 1 saturated carbocycles. The second-order valence-corrected chi connectivity index (χ2v) is 3.58. The number of rotatable bonds is 4. The van der Waals surface area contributed by atoms with E-state index < -0.39 is 0 Å². The normalized spacial score (nSPS) is 31.8. The third-order valence-corrected chi connectivity index (χ3v) is 2.63. The van der Waals surface area contributed by atoms with Crippen LogP contribution in [0.25, 0.3) is 0 Å². The van der Waals surface area contributed by atoms with Gasteiger partial charge in [-0.25, -0.2) is 0 Å². The van der Waals surface area contributed by atoms with E-state index >= 15 is 0 Å². The summed E-state index contributed by atoms with van der Waals surface area (Å²) < 4.78 is 0. The van der Waals surface area contributed by atoms with Gasteiger partial charge in [0.05, 0.1) is 0 Å². The van der Waals surface area contributed by atoms with Crippen molar-refractivity contribution in [3.8, 4) is 0 Å². The molecule has 1 heteroatoms. The van der Waals surface area contributed by atoms with Crippen molar-refractivity contribution >= 4 is 0 Å². The molecule has 0 atom stereocenters. The molecular formula is C9H19N. The van der Waals surface area contributed by atoms with Gasteiger partial charge in [0.15, 0.2) is 0 Å². The molecule has 0 bridgehead atoms. The van der Waals surface area contributed by atoms with E-state index in [4.69, 9.17) is 5.73 Å². The molecule has 0 heterocycles. The lowest BCUT2D eigenvalue weighted by Crippen LogP contribution is -2.29. The second-order valence-electron chi connectivity index (χ2n) is 3.58. The molecular weight excluding hydrogens is 122 g/mol. The first-order valence-corrected chi connectivity index (χ1v) is 4.56. The minimum atomic E-state index is 0.877. The van der Waals surface area contributed by atoms with E-state index in [0.717, 1.165) is 18.4 Å². The number of hydrogen-bond acceptors (Lipinski definition) is 1. The molecule has 0 saturated heterocycles. The summed E-state index contributed by atoms with van der Waals surface area (Å²) >= 11 is 0. The smallest absolute Gasteiger partial charge is 0.00487 e. The zero-order valence-electron chi connectivity index (χ0n) is 6.97. The minimum Gasteiger partial charge on any atom is -0.330 e. The van der Waals surface area contributed by atoms with Gasteiger partial charge in [-0.05, 0) is 31.2 Å². The van der Waals surface area contributed by atoms with Crippen LogP contribution in [-0.2, 0) is 0 Å². The first-order valence-electron chi connectivity index (χ1n) is 4.56. The average molecular weight is 141 g/mol. The molecule has 1 aliphatic rings. The van der Waals surface area contributed by atoms with Crippen LogP contribution in [0, 0.1) is 11.8 Å². The Hall–Kier alpha value is -0.0400. The molecule has 0 radical (unpaired) electrons. The maximum Gasteiger partial charge on any atom is -0.00487 e. The molecule has 0 aromatic heterocycles. The van der Waals surface area contributed by atoms with Crippen LogP contribution in [0.4, 0.5) is 0 Å². The number of hydrogen-bond donors (Lipinski definition) is 1. The van der Waals surface area contributed by atoms with Gasteiger partial charge in [0, 0.05) is 0 Å². The van der Waals surface area contributed by atoms with E-state index in [2.05, 4.69) is 6.92 Å². The van der Waals surface area contributed by atoms with E-state index in [1.54, 1.807) is 0 Å². The highest BCUT2D eigenvalue weighted by Gasteiger charge is 2.26. The lowest BCUT2D eigenvalue weighted by Gasteiger charge is -2.34. The maximum atomic E-state index is 5.52. The summed E-state index contributed by atoms with van der Waals surface area (Å²) in [5.41, 5.74) is 5.52. The summed E-state index contributed by atoms with van der Waals surface area (Å²) in [6, 6.07) is 0. The summed E-state index contributed by atoms with van der Waals surface area (Å²) in [7, 11) is 0. The van der Waals surface area contributed by atoms with Crippen molar-refractivity contribution in [3.63, 3.8) is 0 Å². The van der Waals surface area contributed by atoms with Gasteiger partial charge >= 0.3 is 0 Å². The van der Waals surface area contributed by atoms with E-state index in [-0.39, 0.29) is 0 Å². The monoisotopic (exact) mass is 141 g/mol. The van der Waals surface area contributed by atoms with Crippen molar-refractivity contribution in [3.05, 3.63) is 0 Å². The minimum absolute atomic E-state index is 0.877. The Morgan fingerprint density at radius 3 is 2.50 bits per heavy atom. The van der Waals surface area contributed by atoms with Crippen molar-refractivity contribution in [2.24, 2.45) is 17.6 Å². The SMILES string of the molecule is CCCCC1CC(CN)C1. The Bertz CT molecular complexity index is 82.0. The average Bonchev–Trinajstić information content (AvgIpc) is 1.86. The standard InChI is InChI=1S/C9H19N/c1-2-3-4-8-5-9(6-8)7-10/h8-9H,2-7,10H2,1H3. The Kier molecular flexibility index (Phi) is 3.20. The van der Waals surface area contributed by atoms with Crippen molar-refractivity contribution in [2.75, 3.05) is 6.54 Å². The molecule has 1 nitrogen and oxygen atoms in total. The Morgan fingerprint density at radius 2 is 2.00 bits per heavy atom. The van der Waals surface area contributed by atoms with Crippen molar-refractivity contribution in [2.45, 2.75) is 39.0 Å². The van der Waals surface area contributed by atoms with Gasteiger partial charge < -0.3 is 5.73 Å². The third-order valence-electron chi connectivity index (χ3n) is 2.63. The molecule has 1 rings (SSSR count). The van der Waals surface area contributed by atoms with Crippen LogP contribution in [-0.4, -0.2) is 6.54 Å². The van der Waals surface area contributed by atoms with Gasteiger partial charge in [-0.3, -0.25) is 0 Å². The molecule has 0 aromatic carbocycles. The highest BCUT2D eigenvalue weighted by atomic mass is 14.6. The van der Waals surface area contributed by atoms with Gasteiger partial charge in [0.2, 0.25) is 0 Å². The molecule has 0 spiro atoms. The molecule has 0 aliphatic heterocycles. The predicted molar refractivity (Wildman–Crippen MR) is 44.8 cm³/mol. The van der Waals surface area contributed by atoms with Gasteiger partial charge in [-0.2, -0.15) is 0 Å². The van der Waals surface area contributed by atoms with E-state index in [9.17, 15) is 0 Å². The largest absolute Gasteiger partial charge is 0.330 e. The van der Waals surface area contributed by atoms with Crippen LogP contribution in [0.1, 0.15) is 39.0 Å². The van der Waals surface area contributed by atoms with Crippen LogP contribution in [0.15, 0.2) is 0 Å². The fraction of sp³-hybridized carbons (Fsp3) is 1.00. The number of nitrogens with two attached hydrogens (primary N) is 1. The first-order chi connectivity index (χ1) is 4.86. The van der Waals surface area contributed by atoms with E-state index in [1.807, 2.05) is 0 Å². The zero-order valence-corrected chi connectivity index (χ0v) is 6.97. The maximum absolute atomic E-state index is 5.52. The van der Waals surface area contributed by atoms with Crippen LogP contribution < -0.4 is 5.73 Å². The van der Waals surface area contributed by atoms with Gasteiger partial charge in [-0.1, -0.05) is 26.2 Å². The lowest BCUT2D eigenvalue weighted by atomic mass is 9.73. The molecule has 0 unspecified atom stereocenters. The predicted octanol–water partition coefficient (Wildman–Crippen LogP) is 2.16. The van der Waals surface area contributed by atoms with Crippen LogP contribution in [0.5, 0.6) is 0 Å². The Morgan fingerprint density at radius 1 is 1.30 bits per heavy atom. The summed E-state index contributed by atoms with van der Waals surface area (Å²) in [4.78, 5) is 0. The molecule has 2 N–H and O–H groups in total. The molecule has 1 aliphatic carbocycles. The summed E-state index contributed by atoms with van der Waals surface area (Å²) in [5, 5.41) is 0. The highest BCUT2D eigenvalue weighted by Crippen LogP contribution is 2.36. The van der Waals surface area contributed by atoms with Crippen molar-refractivity contribution in [1.82, 2.24) is 0 Å². The molecule has 1 fully saturated rings. The van der Waals surface area contributed by atoms with Crippen molar-refractivity contribution < 1.29 is 0 Å². The Balaban J connectivity index is 1.93. The first kappa shape index (κ1) is 8.06.